The van der Waals surface area contributed by atoms with Crippen LogP contribution in [0.1, 0.15) is 19.7 Å². The first-order valence-electron chi connectivity index (χ1n) is 5.93. The highest BCUT2D eigenvalue weighted by Gasteiger charge is 2.06. The Kier molecular flexibility index (Phi) is 4.34. The van der Waals surface area contributed by atoms with E-state index in [4.69, 9.17) is 4.42 Å². The van der Waals surface area contributed by atoms with E-state index in [0.29, 0.717) is 5.92 Å². The summed E-state index contributed by atoms with van der Waals surface area (Å²) in [4.78, 5) is 4.29. The summed E-state index contributed by atoms with van der Waals surface area (Å²) in [6, 6.07) is 2.05. The van der Waals surface area contributed by atoms with E-state index in [2.05, 4.69) is 29.5 Å². The Hall–Kier alpha value is -1.13. The second-order valence-corrected chi connectivity index (χ2v) is 5.26. The first-order chi connectivity index (χ1) is 8.25. The summed E-state index contributed by atoms with van der Waals surface area (Å²) in [5.74, 6) is 2.36. The van der Waals surface area contributed by atoms with Crippen LogP contribution >= 0.6 is 11.3 Å². The van der Waals surface area contributed by atoms with E-state index in [-0.39, 0.29) is 0 Å². The van der Waals surface area contributed by atoms with Gasteiger partial charge in [-0.2, -0.15) is 11.3 Å². The lowest BCUT2D eigenvalue weighted by molar-refractivity contribution is 0.483. The maximum Gasteiger partial charge on any atom is 0.196 e. The van der Waals surface area contributed by atoms with Gasteiger partial charge in [-0.05, 0) is 23.9 Å². The number of thiophene rings is 1. The SMILES string of the molecule is CC(C)CNCCc1ncc(-c2ccsc2)o1. The highest BCUT2D eigenvalue weighted by molar-refractivity contribution is 7.08. The summed E-state index contributed by atoms with van der Waals surface area (Å²) in [6.07, 6.45) is 2.65. The minimum Gasteiger partial charge on any atom is -0.441 e. The van der Waals surface area contributed by atoms with Gasteiger partial charge in [-0.15, -0.1) is 0 Å². The van der Waals surface area contributed by atoms with Crippen LogP contribution in [0.2, 0.25) is 0 Å². The maximum atomic E-state index is 5.69. The Labute approximate surface area is 106 Å². The van der Waals surface area contributed by atoms with Gasteiger partial charge in [-0.25, -0.2) is 4.98 Å². The van der Waals surface area contributed by atoms with Crippen LogP contribution in [0.5, 0.6) is 0 Å². The summed E-state index contributed by atoms with van der Waals surface area (Å²) in [6.45, 7) is 6.36. The number of nitrogens with zero attached hydrogens (tertiary/aromatic N) is 1. The van der Waals surface area contributed by atoms with Crippen molar-refractivity contribution in [3.63, 3.8) is 0 Å². The zero-order chi connectivity index (χ0) is 12.1. The lowest BCUT2D eigenvalue weighted by Crippen LogP contribution is -2.22. The summed E-state index contributed by atoms with van der Waals surface area (Å²) in [5, 5.41) is 7.49. The zero-order valence-electron chi connectivity index (χ0n) is 10.3. The zero-order valence-corrected chi connectivity index (χ0v) is 11.1. The molecule has 3 nitrogen and oxygen atoms in total. The summed E-state index contributed by atoms with van der Waals surface area (Å²) >= 11 is 1.67. The van der Waals surface area contributed by atoms with Crippen molar-refractivity contribution in [3.05, 3.63) is 28.9 Å². The molecule has 0 spiro atoms. The Balaban J connectivity index is 1.83. The Bertz CT molecular complexity index is 434. The second kappa shape index (κ2) is 5.98. The molecule has 2 heterocycles. The van der Waals surface area contributed by atoms with Crippen molar-refractivity contribution in [1.82, 2.24) is 10.3 Å². The first-order valence-corrected chi connectivity index (χ1v) is 6.88. The Morgan fingerprint density at radius 3 is 3.06 bits per heavy atom. The van der Waals surface area contributed by atoms with Crippen LogP contribution in [0.3, 0.4) is 0 Å². The van der Waals surface area contributed by atoms with Gasteiger partial charge < -0.3 is 9.73 Å². The molecule has 0 radical (unpaired) electrons. The molecule has 0 unspecified atom stereocenters. The molecular formula is C13H18N2OS. The number of rotatable bonds is 6. The van der Waals surface area contributed by atoms with E-state index in [9.17, 15) is 0 Å². The van der Waals surface area contributed by atoms with Crippen LogP contribution in [0.25, 0.3) is 11.3 Å². The van der Waals surface area contributed by atoms with Crippen LogP contribution in [0.4, 0.5) is 0 Å². The highest BCUT2D eigenvalue weighted by Crippen LogP contribution is 2.22. The van der Waals surface area contributed by atoms with Crippen LogP contribution in [0.15, 0.2) is 27.4 Å². The number of oxazole rings is 1. The first kappa shape index (κ1) is 12.3. The van der Waals surface area contributed by atoms with E-state index in [1.54, 1.807) is 17.5 Å². The van der Waals surface area contributed by atoms with Crippen molar-refractivity contribution in [1.29, 1.82) is 0 Å². The van der Waals surface area contributed by atoms with Gasteiger partial charge in [0.2, 0.25) is 0 Å². The van der Waals surface area contributed by atoms with Gasteiger partial charge in [0.25, 0.3) is 0 Å². The molecule has 2 aromatic rings. The third-order valence-corrected chi connectivity index (χ3v) is 3.11. The Morgan fingerprint density at radius 1 is 1.47 bits per heavy atom. The topological polar surface area (TPSA) is 38.1 Å². The summed E-state index contributed by atoms with van der Waals surface area (Å²) in [5.41, 5.74) is 1.11. The molecule has 0 aromatic carbocycles. The summed E-state index contributed by atoms with van der Waals surface area (Å²) in [7, 11) is 0. The fourth-order valence-electron chi connectivity index (χ4n) is 1.55. The summed E-state index contributed by atoms with van der Waals surface area (Å²) < 4.78 is 5.69. The molecule has 0 amide bonds. The molecule has 4 heteroatoms. The molecule has 0 bridgehead atoms. The number of aromatic nitrogens is 1. The van der Waals surface area contributed by atoms with Crippen molar-refractivity contribution in [2.75, 3.05) is 13.1 Å². The smallest absolute Gasteiger partial charge is 0.196 e. The average molecular weight is 250 g/mol. The molecule has 0 aliphatic rings. The van der Waals surface area contributed by atoms with E-state index in [1.807, 2.05) is 11.4 Å². The molecule has 92 valence electrons. The molecule has 2 rings (SSSR count). The monoisotopic (exact) mass is 250 g/mol. The quantitative estimate of drug-likeness (QED) is 0.800. The highest BCUT2D eigenvalue weighted by atomic mass is 32.1. The largest absolute Gasteiger partial charge is 0.441 e. The fraction of sp³-hybridized carbons (Fsp3) is 0.462. The minimum atomic E-state index is 0.681. The lowest BCUT2D eigenvalue weighted by Gasteiger charge is -2.05. The molecule has 0 fully saturated rings. The standard InChI is InChI=1S/C13H18N2OS/c1-10(2)7-14-5-3-13-15-8-12(16-13)11-4-6-17-9-11/h4,6,8-10,14H,3,5,7H2,1-2H3. The molecule has 0 saturated heterocycles. The predicted octanol–water partition coefficient (Wildman–Crippen LogP) is 3.19. The van der Waals surface area contributed by atoms with E-state index < -0.39 is 0 Å². The third-order valence-electron chi connectivity index (χ3n) is 2.43. The normalized spacial score (nSPS) is 11.2. The van der Waals surface area contributed by atoms with Crippen LogP contribution in [-0.2, 0) is 6.42 Å². The van der Waals surface area contributed by atoms with Gasteiger partial charge >= 0.3 is 0 Å². The van der Waals surface area contributed by atoms with Crippen LogP contribution < -0.4 is 5.32 Å². The van der Waals surface area contributed by atoms with Gasteiger partial charge in [-0.1, -0.05) is 13.8 Å². The second-order valence-electron chi connectivity index (χ2n) is 4.48. The van der Waals surface area contributed by atoms with Crippen molar-refractivity contribution in [3.8, 4) is 11.3 Å². The van der Waals surface area contributed by atoms with Crippen LogP contribution in [-0.4, -0.2) is 18.1 Å². The number of nitrogens with one attached hydrogen (secondary N) is 1. The van der Waals surface area contributed by atoms with Crippen molar-refractivity contribution in [2.24, 2.45) is 5.92 Å². The van der Waals surface area contributed by atoms with Crippen molar-refractivity contribution < 1.29 is 4.42 Å². The molecule has 0 saturated carbocycles. The van der Waals surface area contributed by atoms with E-state index in [0.717, 1.165) is 36.7 Å². The van der Waals surface area contributed by atoms with E-state index in [1.165, 1.54) is 0 Å². The van der Waals surface area contributed by atoms with Gasteiger partial charge in [0.1, 0.15) is 0 Å². The molecule has 2 aromatic heterocycles. The fourth-order valence-corrected chi connectivity index (χ4v) is 2.20. The minimum absolute atomic E-state index is 0.681. The third kappa shape index (κ3) is 3.68. The molecular weight excluding hydrogens is 232 g/mol. The predicted molar refractivity (Wildman–Crippen MR) is 71.2 cm³/mol. The molecule has 1 N–H and O–H groups in total. The Morgan fingerprint density at radius 2 is 2.35 bits per heavy atom. The average Bonchev–Trinajstić information content (AvgIpc) is 2.94. The number of hydrogen-bond donors (Lipinski definition) is 1. The van der Waals surface area contributed by atoms with Gasteiger partial charge in [0.05, 0.1) is 6.20 Å². The van der Waals surface area contributed by atoms with Crippen molar-refractivity contribution in [2.45, 2.75) is 20.3 Å². The van der Waals surface area contributed by atoms with Gasteiger partial charge in [0, 0.05) is 23.9 Å². The molecule has 17 heavy (non-hydrogen) atoms. The molecule has 0 aliphatic heterocycles. The van der Waals surface area contributed by atoms with E-state index >= 15 is 0 Å². The molecule has 0 atom stereocenters. The number of hydrogen-bond acceptors (Lipinski definition) is 4. The molecule has 0 aliphatic carbocycles. The van der Waals surface area contributed by atoms with Gasteiger partial charge in [0.15, 0.2) is 11.7 Å². The van der Waals surface area contributed by atoms with Crippen molar-refractivity contribution >= 4 is 11.3 Å². The van der Waals surface area contributed by atoms with Gasteiger partial charge in [-0.3, -0.25) is 0 Å². The lowest BCUT2D eigenvalue weighted by atomic mass is 10.2. The maximum absolute atomic E-state index is 5.69. The van der Waals surface area contributed by atoms with Crippen LogP contribution in [0, 0.1) is 5.92 Å².